The predicted octanol–water partition coefficient (Wildman–Crippen LogP) is -1.75. The first-order chi connectivity index (χ1) is 13.2. The van der Waals surface area contributed by atoms with Gasteiger partial charge in [0.15, 0.2) is 0 Å². The number of carbonyl (C=O) groups excluding carboxylic acids is 2. The summed E-state index contributed by atoms with van der Waals surface area (Å²) in [6.45, 7) is 5.25. The Morgan fingerprint density at radius 3 is 1.97 bits per heavy atom. The molecule has 168 valence electrons. The van der Waals surface area contributed by atoms with Gasteiger partial charge in [-0.05, 0) is 19.3 Å². The number of carbonyl (C=O) groups is 4. The fourth-order valence-electron chi connectivity index (χ4n) is 2.40. The summed E-state index contributed by atoms with van der Waals surface area (Å²) < 4.78 is 26.7. The second-order valence-corrected chi connectivity index (χ2v) is 9.06. The van der Waals surface area contributed by atoms with Crippen LogP contribution in [-0.4, -0.2) is 77.5 Å². The van der Waals surface area contributed by atoms with Crippen molar-refractivity contribution in [3.05, 3.63) is 0 Å². The van der Waals surface area contributed by atoms with E-state index >= 15 is 0 Å². The summed E-state index contributed by atoms with van der Waals surface area (Å²) in [4.78, 5) is 45.8. The highest BCUT2D eigenvalue weighted by atomic mass is 32.2. The van der Waals surface area contributed by atoms with Crippen molar-refractivity contribution in [2.24, 2.45) is 5.92 Å². The van der Waals surface area contributed by atoms with Gasteiger partial charge in [-0.25, -0.2) is 8.42 Å². The van der Waals surface area contributed by atoms with E-state index in [4.69, 9.17) is 10.2 Å². The minimum atomic E-state index is -4.55. The Labute approximate surface area is 169 Å². The van der Waals surface area contributed by atoms with Crippen LogP contribution in [0.5, 0.6) is 0 Å². The van der Waals surface area contributed by atoms with Gasteiger partial charge in [0.1, 0.15) is 17.3 Å². The molecule has 0 radical (unpaired) electrons. The van der Waals surface area contributed by atoms with Crippen LogP contribution in [0, 0.1) is 5.92 Å². The van der Waals surface area contributed by atoms with Crippen molar-refractivity contribution in [2.45, 2.75) is 64.0 Å². The number of aliphatic hydroxyl groups excluding tert-OH is 1. The van der Waals surface area contributed by atoms with Crippen LogP contribution in [0.4, 0.5) is 0 Å². The van der Waals surface area contributed by atoms with Gasteiger partial charge in [0.05, 0.1) is 12.5 Å². The number of aliphatic carboxylic acids is 2. The Morgan fingerprint density at radius 2 is 1.59 bits per heavy atom. The number of carboxylic acid groups (broad SMARTS) is 2. The van der Waals surface area contributed by atoms with Gasteiger partial charge in [-0.3, -0.25) is 19.2 Å². The molecule has 0 aliphatic heterocycles. The smallest absolute Gasteiger partial charge is 0.324 e. The zero-order valence-corrected chi connectivity index (χ0v) is 17.5. The largest absolute Gasteiger partial charge is 0.481 e. The van der Waals surface area contributed by atoms with Crippen LogP contribution < -0.4 is 15.4 Å². The third-order valence-electron chi connectivity index (χ3n) is 3.79. The Kier molecular flexibility index (Phi) is 10.8. The monoisotopic (exact) mass is 439 g/mol. The van der Waals surface area contributed by atoms with Gasteiger partial charge in [0, 0.05) is 13.5 Å². The molecular formula is C16H29N3O9S. The first-order valence-electron chi connectivity index (χ1n) is 8.86. The van der Waals surface area contributed by atoms with Gasteiger partial charge in [0.25, 0.3) is 0 Å². The lowest BCUT2D eigenvalue weighted by atomic mass is 10.0. The molecule has 0 aromatic heterocycles. The van der Waals surface area contributed by atoms with Crippen LogP contribution in [0.1, 0.15) is 40.5 Å². The third kappa shape index (κ3) is 10.2. The summed E-state index contributed by atoms with van der Waals surface area (Å²) in [6.07, 6.45) is -2.24. The summed E-state index contributed by atoms with van der Waals surface area (Å²) >= 11 is 0. The zero-order chi connectivity index (χ0) is 22.9. The SMILES string of the molecule is CC(=O)N[C@@H](CC(C)C)C(=O)NCC(CC(=O)O)S(=O)(=O)N[C@H](C(=O)O)[C@@H](C)O. The zero-order valence-electron chi connectivity index (χ0n) is 16.7. The molecule has 6 N–H and O–H groups in total. The molecule has 1 unspecified atom stereocenters. The van der Waals surface area contributed by atoms with Crippen LogP contribution in [0.3, 0.4) is 0 Å². The highest BCUT2D eigenvalue weighted by Crippen LogP contribution is 2.09. The van der Waals surface area contributed by atoms with Gasteiger partial charge >= 0.3 is 11.9 Å². The Hall–Kier alpha value is -2.25. The van der Waals surface area contributed by atoms with E-state index in [2.05, 4.69) is 10.6 Å². The number of sulfonamides is 1. The lowest BCUT2D eigenvalue weighted by Gasteiger charge is -2.24. The molecule has 0 heterocycles. The Morgan fingerprint density at radius 1 is 1.03 bits per heavy atom. The molecule has 0 saturated heterocycles. The fraction of sp³-hybridized carbons (Fsp3) is 0.750. The Balaban J connectivity index is 5.42. The topological polar surface area (TPSA) is 199 Å². The first kappa shape index (κ1) is 26.8. The average Bonchev–Trinajstić information content (AvgIpc) is 2.53. The molecule has 4 atom stereocenters. The highest BCUT2D eigenvalue weighted by Gasteiger charge is 2.35. The van der Waals surface area contributed by atoms with Crippen LogP contribution in [0.15, 0.2) is 0 Å². The summed E-state index contributed by atoms with van der Waals surface area (Å²) in [5.74, 6) is -4.28. The average molecular weight is 439 g/mol. The summed E-state index contributed by atoms with van der Waals surface area (Å²) in [7, 11) is -4.55. The summed E-state index contributed by atoms with van der Waals surface area (Å²) in [6, 6.07) is -2.84. The molecule has 0 rings (SSSR count). The van der Waals surface area contributed by atoms with Crippen molar-refractivity contribution in [1.82, 2.24) is 15.4 Å². The standard InChI is InChI=1S/C16H29N3O9S/c1-8(2)5-12(18-10(4)21)15(24)17-7-11(6-13(22)23)29(27,28)19-14(9(3)20)16(25)26/h8-9,11-12,14,19-20H,5-7H2,1-4H3,(H,17,24)(H,18,21)(H,22,23)(H,25,26)/t9-,11?,12+,14+/m1/s1. The molecule has 0 aromatic rings. The van der Waals surface area contributed by atoms with Gasteiger partial charge in [-0.1, -0.05) is 13.8 Å². The molecular weight excluding hydrogens is 410 g/mol. The molecule has 12 nitrogen and oxygen atoms in total. The molecule has 0 spiro atoms. The molecule has 0 aliphatic carbocycles. The van der Waals surface area contributed by atoms with E-state index in [1.807, 2.05) is 13.8 Å². The number of hydrogen-bond donors (Lipinski definition) is 6. The van der Waals surface area contributed by atoms with E-state index in [1.54, 1.807) is 4.72 Å². The number of aliphatic hydroxyl groups is 1. The van der Waals surface area contributed by atoms with Crippen LogP contribution in [0.25, 0.3) is 0 Å². The maximum absolute atomic E-state index is 12.5. The second kappa shape index (κ2) is 11.7. The molecule has 0 aromatic carbocycles. The maximum atomic E-state index is 12.5. The Bertz CT molecular complexity index is 706. The normalized spacial score (nSPS) is 15.8. The number of amides is 2. The molecule has 0 aliphatic rings. The van der Waals surface area contributed by atoms with E-state index in [-0.39, 0.29) is 12.3 Å². The quantitative estimate of drug-likeness (QED) is 0.192. The molecule has 13 heteroatoms. The van der Waals surface area contributed by atoms with Crippen molar-refractivity contribution in [2.75, 3.05) is 6.54 Å². The predicted molar refractivity (Wildman–Crippen MR) is 101 cm³/mol. The molecule has 0 fully saturated rings. The minimum Gasteiger partial charge on any atom is -0.481 e. The fourth-order valence-corrected chi connectivity index (χ4v) is 3.91. The molecule has 29 heavy (non-hydrogen) atoms. The summed E-state index contributed by atoms with van der Waals surface area (Å²) in [5, 5.41) is 30.5. The maximum Gasteiger partial charge on any atom is 0.324 e. The molecule has 0 saturated carbocycles. The highest BCUT2D eigenvalue weighted by molar-refractivity contribution is 7.90. The van der Waals surface area contributed by atoms with E-state index in [9.17, 15) is 32.7 Å². The first-order valence-corrected chi connectivity index (χ1v) is 10.4. The number of nitrogens with one attached hydrogen (secondary N) is 3. The van der Waals surface area contributed by atoms with Crippen LogP contribution in [0.2, 0.25) is 0 Å². The summed E-state index contributed by atoms with van der Waals surface area (Å²) in [5.41, 5.74) is 0. The number of hydrogen-bond acceptors (Lipinski definition) is 7. The lowest BCUT2D eigenvalue weighted by molar-refractivity contribution is -0.141. The van der Waals surface area contributed by atoms with Gasteiger partial charge in [-0.15, -0.1) is 0 Å². The van der Waals surface area contributed by atoms with Crippen LogP contribution in [-0.2, 0) is 29.2 Å². The minimum absolute atomic E-state index is 0.0279. The lowest BCUT2D eigenvalue weighted by Crippen LogP contribution is -2.54. The molecule has 2 amide bonds. The van der Waals surface area contributed by atoms with Gasteiger partial charge < -0.3 is 26.0 Å². The third-order valence-corrected chi connectivity index (χ3v) is 5.58. The van der Waals surface area contributed by atoms with Crippen LogP contribution >= 0.6 is 0 Å². The van der Waals surface area contributed by atoms with E-state index in [0.717, 1.165) is 6.92 Å². The second-order valence-electron chi connectivity index (χ2n) is 7.07. The van der Waals surface area contributed by atoms with E-state index in [0.29, 0.717) is 0 Å². The van der Waals surface area contributed by atoms with Gasteiger partial charge in [0.2, 0.25) is 21.8 Å². The van der Waals surface area contributed by atoms with Crippen molar-refractivity contribution in [3.8, 4) is 0 Å². The van der Waals surface area contributed by atoms with E-state index < -0.39 is 70.2 Å². The number of rotatable bonds is 13. The van der Waals surface area contributed by atoms with E-state index in [1.165, 1.54) is 6.92 Å². The van der Waals surface area contributed by atoms with Gasteiger partial charge in [-0.2, -0.15) is 4.72 Å². The van der Waals surface area contributed by atoms with Crippen molar-refractivity contribution in [1.29, 1.82) is 0 Å². The number of carboxylic acids is 2. The van der Waals surface area contributed by atoms with Crippen molar-refractivity contribution in [3.63, 3.8) is 0 Å². The molecule has 0 bridgehead atoms. The van der Waals surface area contributed by atoms with Crippen molar-refractivity contribution < 1.29 is 42.9 Å². The van der Waals surface area contributed by atoms with Crippen molar-refractivity contribution >= 4 is 33.8 Å².